The molecular formula is C19H19N3O3S. The number of rotatable bonds is 4. The number of hydrogen-bond acceptors (Lipinski definition) is 4. The van der Waals surface area contributed by atoms with Gasteiger partial charge in [-0.15, -0.1) is 0 Å². The number of nitriles is 1. The summed E-state index contributed by atoms with van der Waals surface area (Å²) in [6.45, 7) is 1.08. The third-order valence-corrected chi connectivity index (χ3v) is 6.23. The van der Waals surface area contributed by atoms with Gasteiger partial charge < -0.3 is 5.32 Å². The summed E-state index contributed by atoms with van der Waals surface area (Å²) in [5, 5.41) is 11.6. The van der Waals surface area contributed by atoms with Crippen LogP contribution in [0.3, 0.4) is 0 Å². The molecule has 134 valence electrons. The number of nitrogens with zero attached hydrogens (tertiary/aromatic N) is 2. The topological polar surface area (TPSA) is 90.3 Å². The highest BCUT2D eigenvalue weighted by molar-refractivity contribution is 7.89. The van der Waals surface area contributed by atoms with Gasteiger partial charge in [0.15, 0.2) is 0 Å². The van der Waals surface area contributed by atoms with Gasteiger partial charge in [-0.05, 0) is 55.3 Å². The number of amides is 1. The third kappa shape index (κ3) is 3.93. The molecule has 2 aromatic carbocycles. The van der Waals surface area contributed by atoms with Crippen molar-refractivity contribution in [3.63, 3.8) is 0 Å². The predicted octanol–water partition coefficient (Wildman–Crippen LogP) is 2.99. The van der Waals surface area contributed by atoms with Crippen molar-refractivity contribution in [1.29, 1.82) is 5.26 Å². The Labute approximate surface area is 153 Å². The van der Waals surface area contributed by atoms with Crippen molar-refractivity contribution in [3.8, 4) is 6.07 Å². The van der Waals surface area contributed by atoms with Crippen molar-refractivity contribution < 1.29 is 13.2 Å². The van der Waals surface area contributed by atoms with E-state index in [1.165, 1.54) is 28.6 Å². The Morgan fingerprint density at radius 1 is 1.04 bits per heavy atom. The minimum atomic E-state index is -3.51. The Bertz CT molecular complexity index is 941. The minimum absolute atomic E-state index is 0.197. The zero-order valence-electron chi connectivity index (χ0n) is 14.2. The first-order chi connectivity index (χ1) is 12.5. The number of carbonyl (C=O) groups excluding carboxylic acids is 1. The molecule has 1 amide bonds. The van der Waals surface area contributed by atoms with Crippen LogP contribution < -0.4 is 5.32 Å². The maximum absolute atomic E-state index is 12.6. The number of nitrogens with one attached hydrogen (secondary N) is 1. The Hall–Kier alpha value is -2.69. The molecule has 1 saturated heterocycles. The number of sulfonamides is 1. The van der Waals surface area contributed by atoms with Crippen molar-refractivity contribution in [3.05, 3.63) is 59.7 Å². The largest absolute Gasteiger partial charge is 0.322 e. The van der Waals surface area contributed by atoms with Crippen LogP contribution in [0.2, 0.25) is 0 Å². The van der Waals surface area contributed by atoms with E-state index in [1.54, 1.807) is 24.3 Å². The van der Waals surface area contributed by atoms with Crippen molar-refractivity contribution in [1.82, 2.24) is 4.31 Å². The summed E-state index contributed by atoms with van der Waals surface area (Å²) in [6, 6.07) is 14.5. The Morgan fingerprint density at radius 2 is 1.73 bits per heavy atom. The van der Waals surface area contributed by atoms with Gasteiger partial charge in [-0.1, -0.05) is 12.5 Å². The molecule has 0 aliphatic carbocycles. The van der Waals surface area contributed by atoms with E-state index in [9.17, 15) is 13.2 Å². The van der Waals surface area contributed by atoms with Crippen LogP contribution in [-0.4, -0.2) is 31.7 Å². The molecule has 1 heterocycles. The molecule has 0 bridgehead atoms. The molecule has 1 fully saturated rings. The molecule has 3 rings (SSSR count). The van der Waals surface area contributed by atoms with Crippen LogP contribution in [0.15, 0.2) is 53.4 Å². The molecule has 26 heavy (non-hydrogen) atoms. The van der Waals surface area contributed by atoms with Crippen LogP contribution in [0.1, 0.15) is 35.2 Å². The SMILES string of the molecule is N#Cc1cccc(NC(=O)c2ccc(S(=O)(=O)N3CCCCC3)cc2)c1. The Kier molecular flexibility index (Phi) is 5.35. The summed E-state index contributed by atoms with van der Waals surface area (Å²) in [4.78, 5) is 12.5. The fourth-order valence-corrected chi connectivity index (χ4v) is 4.42. The maximum atomic E-state index is 12.6. The van der Waals surface area contributed by atoms with Crippen molar-refractivity contribution >= 4 is 21.6 Å². The Morgan fingerprint density at radius 3 is 2.38 bits per heavy atom. The highest BCUT2D eigenvalue weighted by Gasteiger charge is 2.25. The lowest BCUT2D eigenvalue weighted by molar-refractivity contribution is 0.102. The first-order valence-corrected chi connectivity index (χ1v) is 9.86. The molecule has 1 aliphatic heterocycles. The van der Waals surface area contributed by atoms with Crippen molar-refractivity contribution in [2.24, 2.45) is 0 Å². The number of piperidine rings is 1. The molecular weight excluding hydrogens is 350 g/mol. The molecule has 0 atom stereocenters. The number of hydrogen-bond donors (Lipinski definition) is 1. The van der Waals surface area contributed by atoms with Crippen LogP contribution >= 0.6 is 0 Å². The van der Waals surface area contributed by atoms with Gasteiger partial charge in [0, 0.05) is 24.3 Å². The van der Waals surface area contributed by atoms with Gasteiger partial charge in [0.05, 0.1) is 16.5 Å². The highest BCUT2D eigenvalue weighted by atomic mass is 32.2. The lowest BCUT2D eigenvalue weighted by atomic mass is 10.2. The van der Waals surface area contributed by atoms with E-state index in [4.69, 9.17) is 5.26 Å². The van der Waals surface area contributed by atoms with Crippen molar-refractivity contribution in [2.45, 2.75) is 24.2 Å². The zero-order valence-corrected chi connectivity index (χ0v) is 15.0. The monoisotopic (exact) mass is 369 g/mol. The lowest BCUT2D eigenvalue weighted by Crippen LogP contribution is -2.35. The van der Waals surface area contributed by atoms with Gasteiger partial charge in [0.25, 0.3) is 5.91 Å². The van der Waals surface area contributed by atoms with E-state index in [-0.39, 0.29) is 10.8 Å². The van der Waals surface area contributed by atoms with Gasteiger partial charge in [0.1, 0.15) is 0 Å². The average molecular weight is 369 g/mol. The van der Waals surface area contributed by atoms with Gasteiger partial charge >= 0.3 is 0 Å². The molecule has 7 heteroatoms. The quantitative estimate of drug-likeness (QED) is 0.897. The molecule has 0 aromatic heterocycles. The first-order valence-electron chi connectivity index (χ1n) is 8.42. The van der Waals surface area contributed by atoms with Gasteiger partial charge in [-0.25, -0.2) is 8.42 Å². The van der Waals surface area contributed by atoms with E-state index in [2.05, 4.69) is 5.32 Å². The van der Waals surface area contributed by atoms with Crippen LogP contribution in [0.4, 0.5) is 5.69 Å². The second kappa shape index (κ2) is 7.68. The second-order valence-corrected chi connectivity index (χ2v) is 8.07. The normalized spacial score (nSPS) is 15.2. The first kappa shape index (κ1) is 18.1. The zero-order chi connectivity index (χ0) is 18.6. The number of anilines is 1. The molecule has 0 spiro atoms. The summed E-state index contributed by atoms with van der Waals surface area (Å²) in [6.07, 6.45) is 2.81. The summed E-state index contributed by atoms with van der Waals surface area (Å²) in [5.74, 6) is -0.359. The molecule has 1 aliphatic rings. The summed E-state index contributed by atoms with van der Waals surface area (Å²) in [7, 11) is -3.51. The minimum Gasteiger partial charge on any atom is -0.322 e. The maximum Gasteiger partial charge on any atom is 0.255 e. The van der Waals surface area contributed by atoms with Gasteiger partial charge in [-0.3, -0.25) is 4.79 Å². The lowest BCUT2D eigenvalue weighted by Gasteiger charge is -2.25. The van der Waals surface area contributed by atoms with Crippen LogP contribution in [0.25, 0.3) is 0 Å². The van der Waals surface area contributed by atoms with Crippen molar-refractivity contribution in [2.75, 3.05) is 18.4 Å². The fourth-order valence-electron chi connectivity index (χ4n) is 2.90. The fraction of sp³-hybridized carbons (Fsp3) is 0.263. The molecule has 6 nitrogen and oxygen atoms in total. The van der Waals surface area contributed by atoms with Gasteiger partial charge in [0.2, 0.25) is 10.0 Å². The Balaban J connectivity index is 1.74. The average Bonchev–Trinajstić information content (AvgIpc) is 2.69. The van der Waals surface area contributed by atoms with Crippen LogP contribution in [-0.2, 0) is 10.0 Å². The highest BCUT2D eigenvalue weighted by Crippen LogP contribution is 2.21. The molecule has 1 N–H and O–H groups in total. The molecule has 0 radical (unpaired) electrons. The van der Waals surface area contributed by atoms with E-state index < -0.39 is 10.0 Å². The van der Waals surface area contributed by atoms with E-state index in [0.717, 1.165) is 19.3 Å². The van der Waals surface area contributed by atoms with Gasteiger partial charge in [-0.2, -0.15) is 9.57 Å². The number of benzene rings is 2. The van der Waals surface area contributed by atoms with Crippen LogP contribution in [0.5, 0.6) is 0 Å². The summed E-state index contributed by atoms with van der Waals surface area (Å²) in [5.41, 5.74) is 1.31. The smallest absolute Gasteiger partial charge is 0.255 e. The molecule has 0 unspecified atom stereocenters. The van der Waals surface area contributed by atoms with Crippen LogP contribution in [0, 0.1) is 11.3 Å². The van der Waals surface area contributed by atoms with E-state index >= 15 is 0 Å². The summed E-state index contributed by atoms with van der Waals surface area (Å²) >= 11 is 0. The molecule has 0 saturated carbocycles. The standard InChI is InChI=1S/C19H19N3O3S/c20-14-15-5-4-6-17(13-15)21-19(23)16-7-9-18(10-8-16)26(24,25)22-11-2-1-3-12-22/h4-10,13H,1-3,11-12H2,(H,21,23). The molecule has 2 aromatic rings. The van der Waals surface area contributed by atoms with E-state index in [0.29, 0.717) is 29.9 Å². The third-order valence-electron chi connectivity index (χ3n) is 4.32. The van der Waals surface area contributed by atoms with E-state index in [1.807, 2.05) is 6.07 Å². The second-order valence-electron chi connectivity index (χ2n) is 6.14. The predicted molar refractivity (Wildman–Crippen MR) is 98.2 cm³/mol. The summed E-state index contributed by atoms with van der Waals surface area (Å²) < 4.78 is 26.7. The number of carbonyl (C=O) groups is 1.